The molecular weight excluding hydrogens is 286 g/mol. The molecule has 22 heavy (non-hydrogen) atoms. The second-order valence-electron chi connectivity index (χ2n) is 6.34. The van der Waals surface area contributed by atoms with Crippen molar-refractivity contribution in [2.75, 3.05) is 13.1 Å². The Morgan fingerprint density at radius 2 is 1.68 bits per heavy atom. The third-order valence-electron chi connectivity index (χ3n) is 4.77. The van der Waals surface area contributed by atoms with Crippen LogP contribution in [0.3, 0.4) is 0 Å². The number of nitrogens with zero attached hydrogens (tertiary/aromatic N) is 1. The molecule has 1 heterocycles. The maximum atomic E-state index is 13.7. The molecule has 2 fully saturated rings. The summed E-state index contributed by atoms with van der Waals surface area (Å²) in [6.07, 6.45) is 6.83. The van der Waals surface area contributed by atoms with Crippen molar-refractivity contribution in [3.05, 3.63) is 35.4 Å². The van der Waals surface area contributed by atoms with Gasteiger partial charge in [0.25, 0.3) is 5.91 Å². The van der Waals surface area contributed by atoms with E-state index in [1.165, 1.54) is 25.7 Å². The van der Waals surface area contributed by atoms with E-state index in [-0.39, 0.29) is 5.56 Å². The van der Waals surface area contributed by atoms with Crippen molar-refractivity contribution in [1.82, 2.24) is 10.2 Å². The van der Waals surface area contributed by atoms with Gasteiger partial charge in [0.2, 0.25) is 0 Å². The molecule has 5 heteroatoms. The van der Waals surface area contributed by atoms with Gasteiger partial charge in [-0.05, 0) is 43.9 Å². The number of nitrogens with one attached hydrogen (secondary N) is 1. The lowest BCUT2D eigenvalue weighted by Gasteiger charge is -2.34. The highest BCUT2D eigenvalue weighted by Crippen LogP contribution is 2.21. The van der Waals surface area contributed by atoms with Crippen molar-refractivity contribution in [3.63, 3.8) is 0 Å². The molecule has 1 aromatic rings. The fourth-order valence-corrected chi connectivity index (χ4v) is 3.51. The fraction of sp³-hybridized carbons (Fsp3) is 0.588. The second kappa shape index (κ2) is 6.73. The van der Waals surface area contributed by atoms with E-state index in [9.17, 15) is 13.6 Å². The van der Waals surface area contributed by atoms with E-state index in [0.717, 1.165) is 31.0 Å². The molecule has 1 amide bonds. The molecule has 2 aliphatic rings. The zero-order valence-corrected chi connectivity index (χ0v) is 12.7. The van der Waals surface area contributed by atoms with E-state index >= 15 is 0 Å². The van der Waals surface area contributed by atoms with Crippen molar-refractivity contribution in [2.24, 2.45) is 0 Å². The number of rotatable bonds is 3. The maximum absolute atomic E-state index is 13.7. The van der Waals surface area contributed by atoms with Gasteiger partial charge in [-0.2, -0.15) is 0 Å². The Balaban J connectivity index is 1.56. The summed E-state index contributed by atoms with van der Waals surface area (Å²) in [5.41, 5.74) is -0.165. The lowest BCUT2D eigenvalue weighted by atomic mass is 10.0. The lowest BCUT2D eigenvalue weighted by molar-refractivity contribution is 0.0696. The maximum Gasteiger partial charge on any atom is 0.256 e. The normalized spacial score (nSPS) is 20.5. The molecule has 3 rings (SSSR count). The summed E-state index contributed by atoms with van der Waals surface area (Å²) in [5, 5.41) is 3.67. The summed E-state index contributed by atoms with van der Waals surface area (Å²) in [6, 6.07) is 4.08. The average molecular weight is 308 g/mol. The Morgan fingerprint density at radius 1 is 1.05 bits per heavy atom. The summed E-state index contributed by atoms with van der Waals surface area (Å²) in [5.74, 6) is -1.64. The minimum atomic E-state index is -0.655. The Kier molecular flexibility index (Phi) is 4.71. The van der Waals surface area contributed by atoms with Crippen LogP contribution in [-0.2, 0) is 0 Å². The molecule has 0 bridgehead atoms. The van der Waals surface area contributed by atoms with Crippen LogP contribution in [0.25, 0.3) is 0 Å². The summed E-state index contributed by atoms with van der Waals surface area (Å²) >= 11 is 0. The summed E-state index contributed by atoms with van der Waals surface area (Å²) in [4.78, 5) is 14.0. The van der Waals surface area contributed by atoms with E-state index in [1.807, 2.05) is 0 Å². The first kappa shape index (κ1) is 15.4. The standard InChI is InChI=1S/C17H22F2N2O/c18-12-5-6-16(19)15(11-12)17(22)21-9-7-14(8-10-21)20-13-3-1-2-4-13/h5-6,11,13-14,20H,1-4,7-10H2. The number of carbonyl (C=O) groups excluding carboxylic acids is 1. The average Bonchev–Trinajstić information content (AvgIpc) is 3.03. The molecule has 0 radical (unpaired) electrons. The number of likely N-dealkylation sites (tertiary alicyclic amines) is 1. The van der Waals surface area contributed by atoms with Crippen LogP contribution in [-0.4, -0.2) is 36.0 Å². The van der Waals surface area contributed by atoms with Gasteiger partial charge in [-0.3, -0.25) is 4.79 Å². The Labute approximate surface area is 129 Å². The molecule has 1 saturated carbocycles. The van der Waals surface area contributed by atoms with Gasteiger partial charge in [0.05, 0.1) is 5.56 Å². The van der Waals surface area contributed by atoms with Crippen LogP contribution in [0, 0.1) is 11.6 Å². The van der Waals surface area contributed by atoms with Crippen molar-refractivity contribution in [2.45, 2.75) is 50.6 Å². The van der Waals surface area contributed by atoms with Crippen LogP contribution < -0.4 is 5.32 Å². The Bertz CT molecular complexity index is 535. The van der Waals surface area contributed by atoms with Crippen LogP contribution in [0.4, 0.5) is 8.78 Å². The zero-order valence-electron chi connectivity index (χ0n) is 12.7. The number of piperidine rings is 1. The molecule has 1 aromatic carbocycles. The first-order chi connectivity index (χ1) is 10.6. The highest BCUT2D eigenvalue weighted by atomic mass is 19.1. The van der Waals surface area contributed by atoms with Crippen molar-refractivity contribution >= 4 is 5.91 Å². The van der Waals surface area contributed by atoms with Crippen LogP contribution >= 0.6 is 0 Å². The van der Waals surface area contributed by atoms with Gasteiger partial charge in [-0.1, -0.05) is 12.8 Å². The molecule has 0 unspecified atom stereocenters. The topological polar surface area (TPSA) is 32.3 Å². The highest BCUT2D eigenvalue weighted by molar-refractivity contribution is 5.94. The fourth-order valence-electron chi connectivity index (χ4n) is 3.51. The van der Waals surface area contributed by atoms with Crippen molar-refractivity contribution < 1.29 is 13.6 Å². The molecule has 120 valence electrons. The minimum absolute atomic E-state index is 0.165. The van der Waals surface area contributed by atoms with Gasteiger partial charge in [0, 0.05) is 25.2 Å². The third-order valence-corrected chi connectivity index (χ3v) is 4.77. The predicted molar refractivity (Wildman–Crippen MR) is 80.7 cm³/mol. The second-order valence-corrected chi connectivity index (χ2v) is 6.34. The monoisotopic (exact) mass is 308 g/mol. The number of hydrogen-bond donors (Lipinski definition) is 1. The molecule has 1 N–H and O–H groups in total. The SMILES string of the molecule is O=C(c1cc(F)ccc1F)N1CCC(NC2CCCC2)CC1. The molecule has 0 spiro atoms. The van der Waals surface area contributed by atoms with Gasteiger partial charge in [0.1, 0.15) is 11.6 Å². The van der Waals surface area contributed by atoms with Crippen molar-refractivity contribution in [3.8, 4) is 0 Å². The summed E-state index contributed by atoms with van der Waals surface area (Å²) in [7, 11) is 0. The van der Waals surface area contributed by atoms with Crippen LogP contribution in [0.2, 0.25) is 0 Å². The largest absolute Gasteiger partial charge is 0.338 e. The van der Waals surface area contributed by atoms with E-state index in [2.05, 4.69) is 5.32 Å². The minimum Gasteiger partial charge on any atom is -0.338 e. The van der Waals surface area contributed by atoms with Crippen LogP contribution in [0.5, 0.6) is 0 Å². The first-order valence-corrected chi connectivity index (χ1v) is 8.14. The number of hydrogen-bond acceptors (Lipinski definition) is 2. The molecule has 1 aliphatic heterocycles. The first-order valence-electron chi connectivity index (χ1n) is 8.14. The molecule has 3 nitrogen and oxygen atoms in total. The number of carbonyl (C=O) groups is 1. The van der Waals surface area contributed by atoms with Crippen LogP contribution in [0.1, 0.15) is 48.9 Å². The van der Waals surface area contributed by atoms with Gasteiger partial charge in [0.15, 0.2) is 0 Å². The molecule has 1 saturated heterocycles. The quantitative estimate of drug-likeness (QED) is 0.930. The van der Waals surface area contributed by atoms with E-state index < -0.39 is 17.5 Å². The third kappa shape index (κ3) is 3.46. The molecule has 1 aliphatic carbocycles. The lowest BCUT2D eigenvalue weighted by Crippen LogP contribution is -2.47. The molecular formula is C17H22F2N2O. The Morgan fingerprint density at radius 3 is 2.36 bits per heavy atom. The van der Waals surface area contributed by atoms with E-state index in [0.29, 0.717) is 25.2 Å². The van der Waals surface area contributed by atoms with Gasteiger partial charge < -0.3 is 10.2 Å². The zero-order chi connectivity index (χ0) is 15.5. The van der Waals surface area contributed by atoms with Gasteiger partial charge in [-0.15, -0.1) is 0 Å². The van der Waals surface area contributed by atoms with Crippen molar-refractivity contribution in [1.29, 1.82) is 0 Å². The van der Waals surface area contributed by atoms with Gasteiger partial charge in [-0.25, -0.2) is 8.78 Å². The highest BCUT2D eigenvalue weighted by Gasteiger charge is 2.27. The van der Waals surface area contributed by atoms with E-state index in [4.69, 9.17) is 0 Å². The van der Waals surface area contributed by atoms with Crippen LogP contribution in [0.15, 0.2) is 18.2 Å². The Hall–Kier alpha value is -1.49. The number of amides is 1. The summed E-state index contributed by atoms with van der Waals surface area (Å²) < 4.78 is 26.9. The summed E-state index contributed by atoms with van der Waals surface area (Å²) in [6.45, 7) is 1.19. The molecule has 0 atom stereocenters. The smallest absolute Gasteiger partial charge is 0.256 e. The number of benzene rings is 1. The predicted octanol–water partition coefficient (Wildman–Crippen LogP) is 3.10. The van der Waals surface area contributed by atoms with Gasteiger partial charge >= 0.3 is 0 Å². The molecule has 0 aromatic heterocycles. The number of halogens is 2. The van der Waals surface area contributed by atoms with E-state index in [1.54, 1.807) is 4.90 Å².